The van der Waals surface area contributed by atoms with Crippen molar-refractivity contribution in [1.29, 1.82) is 0 Å². The van der Waals surface area contributed by atoms with Gasteiger partial charge in [0.1, 0.15) is 0 Å². The van der Waals surface area contributed by atoms with E-state index in [9.17, 15) is 13.6 Å². The number of alkyl halides is 2. The highest BCUT2D eigenvalue weighted by atomic mass is 19.3. The number of hydrogen-bond acceptors (Lipinski definition) is 4. The normalized spacial score (nSPS) is 22.6. The molecule has 0 aromatic carbocycles. The van der Waals surface area contributed by atoms with Crippen LogP contribution in [0.15, 0.2) is 18.3 Å². The summed E-state index contributed by atoms with van der Waals surface area (Å²) in [6.07, 6.45) is 4.26. The van der Waals surface area contributed by atoms with Gasteiger partial charge in [-0.25, -0.2) is 4.98 Å². The zero-order valence-electron chi connectivity index (χ0n) is 10.8. The Bertz CT molecular complexity index is 445. The van der Waals surface area contributed by atoms with Gasteiger partial charge < -0.3 is 15.2 Å². The fraction of sp³-hybridized carbons (Fsp3) is 0.538. The fourth-order valence-corrected chi connectivity index (χ4v) is 2.35. The monoisotopic (exact) mass is 286 g/mol. The smallest absolute Gasteiger partial charge is 0.388 e. The van der Waals surface area contributed by atoms with Crippen molar-refractivity contribution in [3.63, 3.8) is 0 Å². The van der Waals surface area contributed by atoms with Crippen LogP contribution in [0.5, 0.6) is 5.88 Å². The standard InChI is InChI=1S/C13H16F2N2O3/c14-13(15)20-11-6-5-10(7-16-11)17-9-3-1-8(2-4-9)12(18)19/h5-9,13,17H,1-4H2,(H,18,19). The summed E-state index contributed by atoms with van der Waals surface area (Å²) in [5.41, 5.74) is 0.713. The molecule has 0 amide bonds. The molecule has 1 aromatic rings. The van der Waals surface area contributed by atoms with Crippen LogP contribution in [0, 0.1) is 5.92 Å². The second-order valence-corrected chi connectivity index (χ2v) is 4.79. The number of rotatable bonds is 5. The number of pyridine rings is 1. The van der Waals surface area contributed by atoms with Gasteiger partial charge in [-0.1, -0.05) is 0 Å². The summed E-state index contributed by atoms with van der Waals surface area (Å²) in [5.74, 6) is -1.12. The molecule has 1 saturated carbocycles. The van der Waals surface area contributed by atoms with Crippen LogP contribution in [0.2, 0.25) is 0 Å². The average Bonchev–Trinajstić information content (AvgIpc) is 2.41. The van der Waals surface area contributed by atoms with Crippen LogP contribution in [0.4, 0.5) is 14.5 Å². The summed E-state index contributed by atoms with van der Waals surface area (Å²) < 4.78 is 28.1. The fourth-order valence-electron chi connectivity index (χ4n) is 2.35. The molecule has 1 aliphatic rings. The zero-order valence-corrected chi connectivity index (χ0v) is 10.8. The van der Waals surface area contributed by atoms with Gasteiger partial charge >= 0.3 is 12.6 Å². The molecule has 0 atom stereocenters. The van der Waals surface area contributed by atoms with Gasteiger partial charge in [0.2, 0.25) is 5.88 Å². The van der Waals surface area contributed by atoms with Crippen molar-refractivity contribution in [3.8, 4) is 5.88 Å². The molecule has 0 spiro atoms. The number of halogens is 2. The number of carboxylic acids is 1. The van der Waals surface area contributed by atoms with Gasteiger partial charge in [0.25, 0.3) is 0 Å². The Morgan fingerprint density at radius 1 is 1.35 bits per heavy atom. The van der Waals surface area contributed by atoms with Gasteiger partial charge in [-0.15, -0.1) is 0 Å². The zero-order chi connectivity index (χ0) is 14.5. The topological polar surface area (TPSA) is 71.5 Å². The van der Waals surface area contributed by atoms with Gasteiger partial charge in [-0.3, -0.25) is 4.79 Å². The maximum absolute atomic E-state index is 12.0. The Hall–Kier alpha value is -1.92. The van der Waals surface area contributed by atoms with E-state index >= 15 is 0 Å². The molecule has 0 saturated heterocycles. The number of anilines is 1. The van der Waals surface area contributed by atoms with Gasteiger partial charge in [0.15, 0.2) is 0 Å². The summed E-state index contributed by atoms with van der Waals surface area (Å²) in [4.78, 5) is 14.6. The maximum atomic E-state index is 12.0. The minimum Gasteiger partial charge on any atom is -0.481 e. The van der Waals surface area contributed by atoms with Crippen LogP contribution >= 0.6 is 0 Å². The summed E-state index contributed by atoms with van der Waals surface area (Å²) in [7, 11) is 0. The van der Waals surface area contributed by atoms with Crippen LogP contribution in [0.25, 0.3) is 0 Å². The molecule has 1 aliphatic carbocycles. The lowest BCUT2D eigenvalue weighted by molar-refractivity contribution is -0.142. The number of hydrogen-bond donors (Lipinski definition) is 2. The van der Waals surface area contributed by atoms with E-state index in [1.165, 1.54) is 12.3 Å². The molecular weight excluding hydrogens is 270 g/mol. The predicted octanol–water partition coefficient (Wildman–Crippen LogP) is 2.74. The van der Waals surface area contributed by atoms with Crippen LogP contribution in [0.3, 0.4) is 0 Å². The number of carbonyl (C=O) groups is 1. The third-order valence-corrected chi connectivity index (χ3v) is 3.39. The van der Waals surface area contributed by atoms with Crippen molar-refractivity contribution < 1.29 is 23.4 Å². The van der Waals surface area contributed by atoms with Crippen LogP contribution in [-0.4, -0.2) is 28.7 Å². The average molecular weight is 286 g/mol. The first-order valence-corrected chi connectivity index (χ1v) is 6.45. The van der Waals surface area contributed by atoms with Gasteiger partial charge in [-0.2, -0.15) is 8.78 Å². The molecule has 110 valence electrons. The Labute approximate surface area is 115 Å². The lowest BCUT2D eigenvalue weighted by Crippen LogP contribution is -2.29. The third kappa shape index (κ3) is 4.04. The summed E-state index contributed by atoms with van der Waals surface area (Å²) in [6.45, 7) is -2.88. The van der Waals surface area contributed by atoms with Crippen LogP contribution in [-0.2, 0) is 4.79 Å². The molecule has 0 bridgehead atoms. The molecular formula is C13H16F2N2O3. The molecule has 20 heavy (non-hydrogen) atoms. The van der Waals surface area contributed by atoms with Crippen molar-refractivity contribution in [3.05, 3.63) is 18.3 Å². The van der Waals surface area contributed by atoms with Crippen molar-refractivity contribution >= 4 is 11.7 Å². The maximum Gasteiger partial charge on any atom is 0.388 e. The van der Waals surface area contributed by atoms with E-state index in [-0.39, 0.29) is 17.8 Å². The molecule has 5 nitrogen and oxygen atoms in total. The summed E-state index contributed by atoms with van der Waals surface area (Å²) >= 11 is 0. The van der Waals surface area contributed by atoms with Crippen molar-refractivity contribution in [2.75, 3.05) is 5.32 Å². The number of aromatic nitrogens is 1. The van der Waals surface area contributed by atoms with Gasteiger partial charge in [0, 0.05) is 12.1 Å². The highest BCUT2D eigenvalue weighted by Gasteiger charge is 2.25. The highest BCUT2D eigenvalue weighted by Crippen LogP contribution is 2.27. The molecule has 1 aromatic heterocycles. The third-order valence-electron chi connectivity index (χ3n) is 3.39. The lowest BCUT2D eigenvalue weighted by Gasteiger charge is -2.27. The second kappa shape index (κ2) is 6.49. The molecule has 1 heterocycles. The summed E-state index contributed by atoms with van der Waals surface area (Å²) in [6, 6.07) is 3.18. The number of carboxylic acid groups (broad SMARTS) is 1. The number of aliphatic carboxylic acids is 1. The first-order chi connectivity index (χ1) is 9.54. The van der Waals surface area contributed by atoms with Gasteiger partial charge in [0.05, 0.1) is 17.8 Å². The van der Waals surface area contributed by atoms with E-state index in [0.29, 0.717) is 18.5 Å². The highest BCUT2D eigenvalue weighted by molar-refractivity contribution is 5.70. The quantitative estimate of drug-likeness (QED) is 0.870. The first kappa shape index (κ1) is 14.5. The van der Waals surface area contributed by atoms with Crippen LogP contribution < -0.4 is 10.1 Å². The van der Waals surface area contributed by atoms with Crippen molar-refractivity contribution in [1.82, 2.24) is 4.98 Å². The molecule has 0 aliphatic heterocycles. The number of nitrogens with zero attached hydrogens (tertiary/aromatic N) is 1. The minimum absolute atomic E-state index is 0.125. The number of ether oxygens (including phenoxy) is 1. The molecule has 2 rings (SSSR count). The molecule has 0 radical (unpaired) electrons. The minimum atomic E-state index is -2.88. The summed E-state index contributed by atoms with van der Waals surface area (Å²) in [5, 5.41) is 12.1. The molecule has 1 fully saturated rings. The molecule has 0 unspecified atom stereocenters. The Morgan fingerprint density at radius 2 is 2.05 bits per heavy atom. The van der Waals surface area contributed by atoms with E-state index in [1.807, 2.05) is 0 Å². The van der Waals surface area contributed by atoms with E-state index in [0.717, 1.165) is 12.8 Å². The van der Waals surface area contributed by atoms with Crippen molar-refractivity contribution in [2.45, 2.75) is 38.3 Å². The van der Waals surface area contributed by atoms with E-state index in [1.54, 1.807) is 6.07 Å². The first-order valence-electron chi connectivity index (χ1n) is 6.45. The lowest BCUT2D eigenvalue weighted by atomic mass is 9.86. The number of nitrogens with one attached hydrogen (secondary N) is 1. The van der Waals surface area contributed by atoms with Gasteiger partial charge in [-0.05, 0) is 31.7 Å². The molecule has 2 N–H and O–H groups in total. The predicted molar refractivity (Wildman–Crippen MR) is 67.9 cm³/mol. The largest absolute Gasteiger partial charge is 0.481 e. The second-order valence-electron chi connectivity index (χ2n) is 4.79. The Morgan fingerprint density at radius 3 is 2.55 bits per heavy atom. The SMILES string of the molecule is O=C(O)C1CCC(Nc2ccc(OC(F)F)nc2)CC1. The Balaban J connectivity index is 1.83. The van der Waals surface area contributed by atoms with E-state index in [2.05, 4.69) is 15.0 Å². The van der Waals surface area contributed by atoms with E-state index < -0.39 is 12.6 Å². The van der Waals surface area contributed by atoms with Crippen LogP contribution in [0.1, 0.15) is 25.7 Å². The van der Waals surface area contributed by atoms with Crippen molar-refractivity contribution in [2.24, 2.45) is 5.92 Å². The van der Waals surface area contributed by atoms with E-state index in [4.69, 9.17) is 5.11 Å². The Kier molecular flexibility index (Phi) is 4.70. The molecule has 7 heteroatoms.